The minimum absolute atomic E-state index is 0.0109. The molecule has 6 aromatic carbocycles. The Labute approximate surface area is 459 Å². The van der Waals surface area contributed by atoms with Gasteiger partial charge < -0.3 is 46.7 Å². The van der Waals surface area contributed by atoms with Crippen LogP contribution in [0.25, 0.3) is 0 Å². The van der Waals surface area contributed by atoms with Crippen molar-refractivity contribution < 1.29 is 70.7 Å². The summed E-state index contributed by atoms with van der Waals surface area (Å²) in [7, 11) is -3.35. The van der Waals surface area contributed by atoms with Crippen LogP contribution in [0, 0.1) is 0 Å². The maximum absolute atomic E-state index is 14.4. The molecule has 10 atom stereocenters. The number of rotatable bonds is 15. The summed E-state index contributed by atoms with van der Waals surface area (Å²) in [6.45, 7) is 11.8. The molecule has 3 saturated heterocycles. The molecule has 0 N–H and O–H groups in total. The molecule has 3 fully saturated rings. The largest absolute Gasteiger partial charge is 0.452 e. The van der Waals surface area contributed by atoms with Crippen LogP contribution in [0.1, 0.15) is 93.3 Å². The second-order valence-electron chi connectivity index (χ2n) is 21.0. The van der Waals surface area contributed by atoms with Gasteiger partial charge in [-0.3, -0.25) is 0 Å². The summed E-state index contributed by atoms with van der Waals surface area (Å²) in [4.78, 5) is 72.4. The lowest BCUT2D eigenvalue weighted by molar-refractivity contribution is -0.316. The fourth-order valence-corrected chi connectivity index (χ4v) is 16.1. The molecule has 17 heteroatoms. The molecule has 0 amide bonds. The van der Waals surface area contributed by atoms with E-state index >= 15 is 0 Å². The minimum atomic E-state index is -3.35. The molecule has 0 aromatic heterocycles. The van der Waals surface area contributed by atoms with Gasteiger partial charge in [0, 0.05) is 15.0 Å². The predicted molar refractivity (Wildman–Crippen MR) is 290 cm³/mol. The van der Waals surface area contributed by atoms with Gasteiger partial charge in [-0.2, -0.15) is 0 Å². The summed E-state index contributed by atoms with van der Waals surface area (Å²) in [5.41, 5.74) is -0.224. The van der Waals surface area contributed by atoms with Crippen LogP contribution in [0.5, 0.6) is 0 Å². The third-order valence-electron chi connectivity index (χ3n) is 13.6. The molecule has 9 rings (SSSR count). The fraction of sp³-hybridized carbons (Fsp3) is 0.328. The highest BCUT2D eigenvalue weighted by Crippen LogP contribution is 2.55. The Hall–Kier alpha value is -6.96. The van der Waals surface area contributed by atoms with Crippen molar-refractivity contribution in [2.24, 2.45) is 0 Å². The van der Waals surface area contributed by atoms with Gasteiger partial charge in [0.1, 0.15) is 23.7 Å². The van der Waals surface area contributed by atoms with Gasteiger partial charge in [-0.05, 0) is 72.8 Å². The molecule has 3 aliphatic heterocycles. The van der Waals surface area contributed by atoms with Crippen LogP contribution in [0.15, 0.2) is 187 Å². The van der Waals surface area contributed by atoms with Crippen molar-refractivity contribution in [1.29, 1.82) is 0 Å². The Bertz CT molecular complexity index is 2960. The van der Waals surface area contributed by atoms with Crippen LogP contribution in [-0.2, 0) is 46.7 Å². The minimum Gasteiger partial charge on any atom is -0.452 e. The summed E-state index contributed by atoms with van der Waals surface area (Å²) in [5, 5.41) is -1.05. The van der Waals surface area contributed by atoms with Crippen molar-refractivity contribution in [2.45, 2.75) is 117 Å². The molecule has 0 unspecified atom stereocenters. The van der Waals surface area contributed by atoms with Crippen molar-refractivity contribution in [1.82, 2.24) is 0 Å². The highest BCUT2D eigenvalue weighted by molar-refractivity contribution is 7.99. The molecule has 15 nitrogen and oxygen atoms in total. The van der Waals surface area contributed by atoms with Crippen molar-refractivity contribution >= 4 is 50.2 Å². The van der Waals surface area contributed by atoms with Gasteiger partial charge in [0.05, 0.1) is 41.0 Å². The first-order valence-electron chi connectivity index (χ1n) is 25.8. The van der Waals surface area contributed by atoms with Gasteiger partial charge in [-0.1, -0.05) is 162 Å². The third-order valence-corrected chi connectivity index (χ3v) is 19.9. The number of hydrogen-bond donors (Lipinski definition) is 0. The lowest BCUT2D eigenvalue weighted by Gasteiger charge is -2.57. The standard InChI is InChI=1S/C61H62O15SSi/c1-60(2,3)78(61(4,5)6)68-38-46-48(76-78)50(73-55(64)41-29-17-9-18-30-41)51(74-56(65)42-31-19-10-20-32-42)58(69-46)67-37-45-47(71-53(62)39-25-13-7-14-26-39)49(72-54(63)40-27-15-8-16-28-40)52(75-57(66)43-33-21-11-22-34-43)59(70-45)77-44-35-23-12-24-36-44/h7-36,45-52,58-59H,37-38H2,1-6H3/t45-,46-,47+,48+,49+,50+,51-,52-,58-,59+/m1/s1. The van der Waals surface area contributed by atoms with Crippen LogP contribution in [-0.4, -0.2) is 112 Å². The number of esters is 5. The van der Waals surface area contributed by atoms with E-state index in [1.165, 1.54) is 11.8 Å². The van der Waals surface area contributed by atoms with Crippen molar-refractivity contribution in [2.75, 3.05) is 13.2 Å². The molecule has 0 bridgehead atoms. The Morgan fingerprint density at radius 3 is 1.23 bits per heavy atom. The van der Waals surface area contributed by atoms with E-state index in [2.05, 4.69) is 0 Å². The summed E-state index contributed by atoms with van der Waals surface area (Å²) in [6, 6.07) is 50.5. The van der Waals surface area contributed by atoms with E-state index in [0.717, 1.165) is 0 Å². The predicted octanol–water partition coefficient (Wildman–Crippen LogP) is 10.8. The van der Waals surface area contributed by atoms with E-state index in [0.29, 0.717) is 4.90 Å². The SMILES string of the molecule is CC(C)(C)[Si]1(C(C)(C)C)OC[C@H]2O[C@@H](OC[C@H]3O[C@@H](Sc4ccccc4)[C@H](OC(=O)c4ccccc4)[C@@H](OC(=O)c4ccccc4)[C@H]3OC(=O)c3ccccc3)[C@H](OC(=O)c3ccccc3)[C@@H](OC(=O)c3ccccc3)[C@H]2O1. The van der Waals surface area contributed by atoms with Crippen LogP contribution < -0.4 is 0 Å². The quantitative estimate of drug-likeness (QED) is 0.0538. The first-order valence-corrected chi connectivity index (χ1v) is 28.5. The van der Waals surface area contributed by atoms with E-state index in [1.807, 2.05) is 71.9 Å². The zero-order valence-electron chi connectivity index (χ0n) is 44.0. The fourth-order valence-electron chi connectivity index (χ4n) is 10.0. The number of benzene rings is 6. The summed E-state index contributed by atoms with van der Waals surface area (Å²) in [5.74, 6) is -3.90. The normalized spacial score (nSPS) is 24.8. The molecule has 0 aliphatic carbocycles. The molecule has 0 saturated carbocycles. The highest BCUT2D eigenvalue weighted by atomic mass is 32.2. The molecular weight excluding hydrogens is 1030 g/mol. The Morgan fingerprint density at radius 2 is 0.821 bits per heavy atom. The molecular formula is C61H62O15SSi. The van der Waals surface area contributed by atoms with Crippen molar-refractivity contribution in [3.05, 3.63) is 210 Å². The monoisotopic (exact) mass is 1090 g/mol. The Balaban J connectivity index is 1.14. The van der Waals surface area contributed by atoms with E-state index in [-0.39, 0.29) is 34.4 Å². The van der Waals surface area contributed by atoms with E-state index in [9.17, 15) is 24.0 Å². The highest BCUT2D eigenvalue weighted by Gasteiger charge is 2.66. The van der Waals surface area contributed by atoms with E-state index < -0.39 is 116 Å². The van der Waals surface area contributed by atoms with Crippen LogP contribution in [0.2, 0.25) is 10.1 Å². The average molecular weight is 1100 g/mol. The molecule has 6 aromatic rings. The van der Waals surface area contributed by atoms with Crippen LogP contribution in [0.4, 0.5) is 0 Å². The molecule has 3 aliphatic rings. The van der Waals surface area contributed by atoms with Crippen molar-refractivity contribution in [3.63, 3.8) is 0 Å². The first kappa shape index (κ1) is 55.8. The smallest absolute Gasteiger partial charge is 0.349 e. The lowest BCUT2D eigenvalue weighted by atomic mass is 9.97. The van der Waals surface area contributed by atoms with Gasteiger partial charge in [0.2, 0.25) is 0 Å². The third kappa shape index (κ3) is 12.6. The van der Waals surface area contributed by atoms with E-state index in [1.54, 1.807) is 152 Å². The van der Waals surface area contributed by atoms with Gasteiger partial charge in [-0.25, -0.2) is 24.0 Å². The first-order chi connectivity index (χ1) is 37.5. The maximum atomic E-state index is 14.4. The number of ether oxygens (including phenoxy) is 8. The Morgan fingerprint density at radius 1 is 0.462 bits per heavy atom. The van der Waals surface area contributed by atoms with Gasteiger partial charge in [0.25, 0.3) is 0 Å². The van der Waals surface area contributed by atoms with Crippen LogP contribution >= 0.6 is 11.8 Å². The summed E-state index contributed by atoms with van der Waals surface area (Å²) >= 11 is 1.18. The van der Waals surface area contributed by atoms with Crippen LogP contribution in [0.3, 0.4) is 0 Å². The topological polar surface area (TPSA) is 178 Å². The Kier molecular flexibility index (Phi) is 17.4. The summed E-state index contributed by atoms with van der Waals surface area (Å²) < 4.78 is 66.7. The maximum Gasteiger partial charge on any atom is 0.349 e. The molecule has 0 radical (unpaired) electrons. The number of fused-ring (bicyclic) bond motifs is 1. The molecule has 3 heterocycles. The number of carbonyl (C=O) groups excluding carboxylic acids is 5. The summed E-state index contributed by atoms with van der Waals surface area (Å²) in [6.07, 6.45) is -12.3. The molecule has 406 valence electrons. The molecule has 78 heavy (non-hydrogen) atoms. The van der Waals surface area contributed by atoms with E-state index in [4.69, 9.17) is 46.7 Å². The van der Waals surface area contributed by atoms with Crippen molar-refractivity contribution in [3.8, 4) is 0 Å². The second-order valence-corrected chi connectivity index (χ2v) is 27.0. The van der Waals surface area contributed by atoms with Gasteiger partial charge in [-0.15, -0.1) is 0 Å². The lowest BCUT2D eigenvalue weighted by Crippen LogP contribution is -2.72. The van der Waals surface area contributed by atoms with Gasteiger partial charge >= 0.3 is 38.4 Å². The molecule has 0 spiro atoms. The zero-order valence-corrected chi connectivity index (χ0v) is 45.9. The van der Waals surface area contributed by atoms with Gasteiger partial charge in [0.15, 0.2) is 36.8 Å². The number of hydrogen-bond acceptors (Lipinski definition) is 16. The number of carbonyl (C=O) groups is 5. The average Bonchev–Trinajstić information content (AvgIpc) is 3.57. The number of thioether (sulfide) groups is 1. The zero-order chi connectivity index (χ0) is 55.0. The second kappa shape index (κ2) is 24.4.